The van der Waals surface area contributed by atoms with Gasteiger partial charge in [-0.25, -0.2) is 0 Å². The van der Waals surface area contributed by atoms with E-state index in [1.165, 1.54) is 19.2 Å². The number of carbonyl (C=O) groups excluding carboxylic acids is 2. The van der Waals surface area contributed by atoms with Crippen molar-refractivity contribution in [3.8, 4) is 11.3 Å². The monoisotopic (exact) mass is 395 g/mol. The third kappa shape index (κ3) is 4.35. The van der Waals surface area contributed by atoms with Gasteiger partial charge in [0, 0.05) is 49.2 Å². The van der Waals surface area contributed by atoms with Crippen LogP contribution in [-0.4, -0.2) is 40.6 Å². The standard InChI is InChI=1S/C19H20F3N3O3/c1-28-17(27)4-2-3-16(26)25-10-9-15-14(11-25)18(24-23-15)12-5-7-13(8-6-12)19(20,21)22/h5-8H,2-4,9-11H2,1H3,(H,23,24). The summed E-state index contributed by atoms with van der Waals surface area (Å²) in [5.74, 6) is -0.428. The number of carbonyl (C=O) groups is 2. The number of fused-ring (bicyclic) bond motifs is 1. The van der Waals surface area contributed by atoms with Crippen LogP contribution in [0.5, 0.6) is 0 Å². The van der Waals surface area contributed by atoms with E-state index in [-0.39, 0.29) is 24.7 Å². The number of H-pyrrole nitrogens is 1. The topological polar surface area (TPSA) is 75.3 Å². The van der Waals surface area contributed by atoms with Crippen LogP contribution in [0.2, 0.25) is 0 Å². The molecule has 28 heavy (non-hydrogen) atoms. The van der Waals surface area contributed by atoms with Gasteiger partial charge >= 0.3 is 12.1 Å². The number of hydrogen-bond donors (Lipinski definition) is 1. The Morgan fingerprint density at radius 2 is 1.93 bits per heavy atom. The van der Waals surface area contributed by atoms with Crippen molar-refractivity contribution in [1.29, 1.82) is 0 Å². The number of esters is 1. The summed E-state index contributed by atoms with van der Waals surface area (Å²) < 4.78 is 42.8. The number of rotatable bonds is 5. The van der Waals surface area contributed by atoms with E-state index >= 15 is 0 Å². The van der Waals surface area contributed by atoms with Crippen molar-refractivity contribution in [2.24, 2.45) is 0 Å². The summed E-state index contributed by atoms with van der Waals surface area (Å²) in [7, 11) is 1.30. The molecular weight excluding hydrogens is 375 g/mol. The Hall–Kier alpha value is -2.84. The van der Waals surface area contributed by atoms with Gasteiger partial charge in [0.1, 0.15) is 0 Å². The highest BCUT2D eigenvalue weighted by atomic mass is 19.4. The van der Waals surface area contributed by atoms with E-state index in [0.29, 0.717) is 37.2 Å². The van der Waals surface area contributed by atoms with Gasteiger partial charge in [-0.15, -0.1) is 0 Å². The minimum absolute atomic E-state index is 0.0749. The quantitative estimate of drug-likeness (QED) is 0.788. The Labute approximate surface area is 159 Å². The lowest BCUT2D eigenvalue weighted by atomic mass is 9.99. The fourth-order valence-electron chi connectivity index (χ4n) is 3.21. The lowest BCUT2D eigenvalue weighted by molar-refractivity contribution is -0.141. The maximum Gasteiger partial charge on any atom is 0.416 e. The first-order valence-electron chi connectivity index (χ1n) is 8.88. The van der Waals surface area contributed by atoms with Gasteiger partial charge in [0.05, 0.1) is 18.4 Å². The summed E-state index contributed by atoms with van der Waals surface area (Å²) in [4.78, 5) is 25.3. The van der Waals surface area contributed by atoms with Crippen LogP contribution in [-0.2, 0) is 33.5 Å². The summed E-state index contributed by atoms with van der Waals surface area (Å²) in [6, 6.07) is 4.82. The van der Waals surface area contributed by atoms with Crippen LogP contribution >= 0.6 is 0 Å². The van der Waals surface area contributed by atoms with Gasteiger partial charge in [0.25, 0.3) is 0 Å². The molecule has 1 aromatic carbocycles. The van der Waals surface area contributed by atoms with Gasteiger partial charge in [0.2, 0.25) is 5.91 Å². The van der Waals surface area contributed by atoms with E-state index in [9.17, 15) is 22.8 Å². The first-order valence-corrected chi connectivity index (χ1v) is 8.88. The highest BCUT2D eigenvalue weighted by Crippen LogP contribution is 2.33. The number of aromatic nitrogens is 2. The van der Waals surface area contributed by atoms with E-state index in [0.717, 1.165) is 23.4 Å². The zero-order valence-corrected chi connectivity index (χ0v) is 15.3. The number of halogens is 3. The normalized spacial score (nSPS) is 13.9. The molecule has 0 fully saturated rings. The molecule has 0 aliphatic carbocycles. The summed E-state index contributed by atoms with van der Waals surface area (Å²) >= 11 is 0. The fourth-order valence-corrected chi connectivity index (χ4v) is 3.21. The molecule has 1 aliphatic heterocycles. The molecule has 9 heteroatoms. The number of benzene rings is 1. The van der Waals surface area contributed by atoms with Crippen LogP contribution in [0.4, 0.5) is 13.2 Å². The molecule has 6 nitrogen and oxygen atoms in total. The predicted octanol–water partition coefficient (Wildman–Crippen LogP) is 3.32. The number of methoxy groups -OCH3 is 1. The van der Waals surface area contributed by atoms with Crippen LogP contribution in [0.25, 0.3) is 11.3 Å². The van der Waals surface area contributed by atoms with Crippen LogP contribution in [0.15, 0.2) is 24.3 Å². The van der Waals surface area contributed by atoms with Crippen molar-refractivity contribution in [3.63, 3.8) is 0 Å². The molecule has 150 valence electrons. The molecule has 0 atom stereocenters. The van der Waals surface area contributed by atoms with Crippen LogP contribution in [0.3, 0.4) is 0 Å². The molecule has 1 aromatic heterocycles. The molecule has 3 rings (SSSR count). The van der Waals surface area contributed by atoms with Gasteiger partial charge in [-0.05, 0) is 18.6 Å². The Balaban J connectivity index is 1.71. The van der Waals surface area contributed by atoms with Crippen molar-refractivity contribution in [1.82, 2.24) is 15.1 Å². The molecule has 0 bridgehead atoms. The van der Waals surface area contributed by atoms with E-state index in [1.54, 1.807) is 4.90 Å². The minimum Gasteiger partial charge on any atom is -0.469 e. The zero-order valence-electron chi connectivity index (χ0n) is 15.3. The minimum atomic E-state index is -4.39. The van der Waals surface area contributed by atoms with Gasteiger partial charge in [-0.1, -0.05) is 12.1 Å². The van der Waals surface area contributed by atoms with Crippen LogP contribution in [0, 0.1) is 0 Å². The van der Waals surface area contributed by atoms with Crippen LogP contribution in [0.1, 0.15) is 36.1 Å². The molecular formula is C19H20F3N3O3. The molecule has 2 heterocycles. The average molecular weight is 395 g/mol. The molecule has 2 aromatic rings. The van der Waals surface area contributed by atoms with Gasteiger partial charge in [-0.3, -0.25) is 14.7 Å². The molecule has 0 saturated carbocycles. The first kappa shape index (κ1) is 19.9. The Kier molecular flexibility index (Phi) is 5.71. The first-order chi connectivity index (χ1) is 13.3. The smallest absolute Gasteiger partial charge is 0.416 e. The number of nitrogens with one attached hydrogen (secondary N) is 1. The molecule has 1 amide bonds. The predicted molar refractivity (Wildman–Crippen MR) is 94.0 cm³/mol. The lowest BCUT2D eigenvalue weighted by Gasteiger charge is -2.27. The Bertz CT molecular complexity index is 860. The third-order valence-electron chi connectivity index (χ3n) is 4.77. The van der Waals surface area contributed by atoms with E-state index in [2.05, 4.69) is 14.9 Å². The van der Waals surface area contributed by atoms with Gasteiger partial charge in [0.15, 0.2) is 0 Å². The van der Waals surface area contributed by atoms with Gasteiger partial charge in [-0.2, -0.15) is 18.3 Å². The third-order valence-corrected chi connectivity index (χ3v) is 4.77. The van der Waals surface area contributed by atoms with Crippen molar-refractivity contribution in [2.45, 2.75) is 38.4 Å². The summed E-state index contributed by atoms with van der Waals surface area (Å²) in [5.41, 5.74) is 2.09. The second kappa shape index (κ2) is 8.04. The SMILES string of the molecule is COC(=O)CCCC(=O)N1CCc2[nH]nc(-c3ccc(C(F)(F)F)cc3)c2C1. The Morgan fingerprint density at radius 3 is 2.57 bits per heavy atom. The molecule has 0 saturated heterocycles. The van der Waals surface area contributed by atoms with Gasteiger partial charge < -0.3 is 9.64 Å². The average Bonchev–Trinajstić information content (AvgIpc) is 3.10. The molecule has 0 radical (unpaired) electrons. The second-order valence-electron chi connectivity index (χ2n) is 6.60. The summed E-state index contributed by atoms with van der Waals surface area (Å²) in [6.45, 7) is 0.859. The zero-order chi connectivity index (χ0) is 20.3. The molecule has 1 N–H and O–H groups in total. The maximum absolute atomic E-state index is 12.8. The van der Waals surface area contributed by atoms with E-state index in [4.69, 9.17) is 0 Å². The molecule has 1 aliphatic rings. The van der Waals surface area contributed by atoms with Crippen LogP contribution < -0.4 is 0 Å². The van der Waals surface area contributed by atoms with Crippen molar-refractivity contribution >= 4 is 11.9 Å². The molecule has 0 unspecified atom stereocenters. The number of nitrogens with zero attached hydrogens (tertiary/aromatic N) is 2. The van der Waals surface area contributed by atoms with Crippen molar-refractivity contribution in [2.75, 3.05) is 13.7 Å². The largest absolute Gasteiger partial charge is 0.469 e. The summed E-state index contributed by atoms with van der Waals surface area (Å²) in [5, 5.41) is 7.17. The maximum atomic E-state index is 12.8. The number of amides is 1. The number of alkyl halides is 3. The second-order valence-corrected chi connectivity index (χ2v) is 6.60. The summed E-state index contributed by atoms with van der Waals surface area (Å²) in [6.07, 6.45) is -2.98. The van der Waals surface area contributed by atoms with E-state index < -0.39 is 11.7 Å². The van der Waals surface area contributed by atoms with Crippen molar-refractivity contribution in [3.05, 3.63) is 41.1 Å². The number of ether oxygens (including phenoxy) is 1. The fraction of sp³-hybridized carbons (Fsp3) is 0.421. The molecule has 0 spiro atoms. The van der Waals surface area contributed by atoms with E-state index in [1.807, 2.05) is 0 Å². The number of hydrogen-bond acceptors (Lipinski definition) is 4. The number of aromatic amines is 1. The highest BCUT2D eigenvalue weighted by Gasteiger charge is 2.31. The Morgan fingerprint density at radius 1 is 1.21 bits per heavy atom. The lowest BCUT2D eigenvalue weighted by Crippen LogP contribution is -2.35. The highest BCUT2D eigenvalue weighted by molar-refractivity contribution is 5.78. The van der Waals surface area contributed by atoms with Crippen molar-refractivity contribution < 1.29 is 27.5 Å².